The summed E-state index contributed by atoms with van der Waals surface area (Å²) < 4.78 is 1.66. The number of hydrogen-bond donors (Lipinski definition) is 1. The Morgan fingerprint density at radius 1 is 1.25 bits per heavy atom. The van der Waals surface area contributed by atoms with Gasteiger partial charge >= 0.3 is 0 Å². The molecule has 0 radical (unpaired) electrons. The van der Waals surface area contributed by atoms with Crippen LogP contribution in [0.15, 0.2) is 35.6 Å². The van der Waals surface area contributed by atoms with E-state index in [1.807, 2.05) is 6.92 Å². The van der Waals surface area contributed by atoms with Gasteiger partial charge in [0, 0.05) is 16.9 Å². The van der Waals surface area contributed by atoms with Gasteiger partial charge in [0.1, 0.15) is 0 Å². The zero-order valence-electron chi connectivity index (χ0n) is 12.4. The Morgan fingerprint density at radius 3 is 2.83 bits per heavy atom. The van der Waals surface area contributed by atoms with Crippen molar-refractivity contribution in [3.8, 4) is 0 Å². The molecule has 24 heavy (non-hydrogen) atoms. The van der Waals surface area contributed by atoms with E-state index in [0.717, 1.165) is 5.56 Å². The second-order valence-corrected chi connectivity index (χ2v) is 7.13. The second kappa shape index (κ2) is 7.19. The van der Waals surface area contributed by atoms with Gasteiger partial charge in [0.05, 0.1) is 15.8 Å². The number of fused-ring (bicyclic) bond motifs is 1. The first kappa shape index (κ1) is 17.4. The number of pyridine rings is 1. The summed E-state index contributed by atoms with van der Waals surface area (Å²) in [4.78, 5) is 12.2. The average Bonchev–Trinajstić information content (AvgIpc) is 2.93. The highest BCUT2D eigenvalue weighted by Crippen LogP contribution is 2.26. The van der Waals surface area contributed by atoms with E-state index in [-0.39, 0.29) is 11.7 Å². The van der Waals surface area contributed by atoms with E-state index in [0.29, 0.717) is 31.6 Å². The summed E-state index contributed by atoms with van der Waals surface area (Å²) in [5, 5.41) is 12.9. The zero-order valence-corrected chi connectivity index (χ0v) is 15.5. The first-order valence-corrected chi connectivity index (χ1v) is 8.95. The maximum atomic E-state index is 12.2. The van der Waals surface area contributed by atoms with Crippen molar-refractivity contribution in [1.29, 1.82) is 0 Å². The first-order chi connectivity index (χ1) is 11.5. The molecule has 0 saturated carbocycles. The molecule has 124 valence electrons. The number of anilines is 1. The molecule has 0 bridgehead atoms. The Balaban J connectivity index is 1.72. The van der Waals surface area contributed by atoms with Gasteiger partial charge in [0.25, 0.3) is 0 Å². The fourth-order valence-electron chi connectivity index (χ4n) is 2.06. The van der Waals surface area contributed by atoms with Gasteiger partial charge in [-0.05, 0) is 30.7 Å². The molecule has 0 saturated heterocycles. The van der Waals surface area contributed by atoms with Crippen LogP contribution in [0.3, 0.4) is 0 Å². The maximum absolute atomic E-state index is 12.2. The van der Waals surface area contributed by atoms with Crippen molar-refractivity contribution in [2.75, 3.05) is 11.1 Å². The molecular formula is C15H11Cl3N4OS. The molecule has 0 aliphatic heterocycles. The molecule has 3 rings (SSSR count). The third-order valence-corrected chi connectivity index (χ3v) is 5.11. The lowest BCUT2D eigenvalue weighted by Gasteiger charge is -2.09. The normalized spacial score (nSPS) is 11.0. The molecule has 2 heterocycles. The predicted octanol–water partition coefficient (Wildman–Crippen LogP) is 4.73. The number of amides is 1. The number of carbonyl (C=O) groups excluding carboxylic acids is 1. The third-order valence-electron chi connectivity index (χ3n) is 3.27. The molecule has 0 unspecified atom stereocenters. The number of nitrogens with zero attached hydrogens (tertiary/aromatic N) is 3. The standard InChI is InChI=1S/C15H11Cl3N4OS/c1-8-10(17)3-2-4-12(8)19-13(23)7-24-15-21-20-14-11(18)5-9(16)6-22(14)15/h2-6H,7H2,1H3,(H,19,23). The Bertz CT molecular complexity index is 928. The van der Waals surface area contributed by atoms with Crippen molar-refractivity contribution < 1.29 is 4.79 Å². The molecule has 2 aromatic heterocycles. The lowest BCUT2D eigenvalue weighted by molar-refractivity contribution is -0.113. The minimum Gasteiger partial charge on any atom is -0.325 e. The molecule has 0 aliphatic rings. The van der Waals surface area contributed by atoms with E-state index in [4.69, 9.17) is 34.8 Å². The average molecular weight is 402 g/mol. The number of halogens is 3. The Hall–Kier alpha value is -1.47. The van der Waals surface area contributed by atoms with E-state index in [2.05, 4.69) is 15.5 Å². The van der Waals surface area contributed by atoms with Gasteiger partial charge in [-0.3, -0.25) is 9.20 Å². The number of rotatable bonds is 4. The summed E-state index contributed by atoms with van der Waals surface area (Å²) in [5.41, 5.74) is 2.00. The first-order valence-electron chi connectivity index (χ1n) is 6.83. The number of hydrogen-bond acceptors (Lipinski definition) is 4. The van der Waals surface area contributed by atoms with E-state index >= 15 is 0 Å². The van der Waals surface area contributed by atoms with E-state index in [1.165, 1.54) is 11.8 Å². The van der Waals surface area contributed by atoms with Crippen LogP contribution in [-0.4, -0.2) is 26.3 Å². The number of thioether (sulfide) groups is 1. The van der Waals surface area contributed by atoms with Crippen LogP contribution in [0, 0.1) is 6.92 Å². The number of nitrogens with one attached hydrogen (secondary N) is 1. The van der Waals surface area contributed by atoms with Crippen LogP contribution in [0.25, 0.3) is 5.65 Å². The number of aromatic nitrogens is 3. The topological polar surface area (TPSA) is 59.3 Å². The molecule has 0 fully saturated rings. The van der Waals surface area contributed by atoms with Crippen molar-refractivity contribution in [2.45, 2.75) is 12.1 Å². The minimum atomic E-state index is -0.171. The Morgan fingerprint density at radius 2 is 2.04 bits per heavy atom. The van der Waals surface area contributed by atoms with E-state index in [9.17, 15) is 4.79 Å². The summed E-state index contributed by atoms with van der Waals surface area (Å²) in [7, 11) is 0. The highest BCUT2D eigenvalue weighted by Gasteiger charge is 2.13. The SMILES string of the molecule is Cc1c(Cl)cccc1NC(=O)CSc1nnc2c(Cl)cc(Cl)cn12. The summed E-state index contributed by atoms with van der Waals surface area (Å²) in [6.45, 7) is 1.85. The van der Waals surface area contributed by atoms with Crippen LogP contribution in [0.2, 0.25) is 15.1 Å². The molecule has 1 N–H and O–H groups in total. The maximum Gasteiger partial charge on any atom is 0.234 e. The van der Waals surface area contributed by atoms with E-state index in [1.54, 1.807) is 34.9 Å². The van der Waals surface area contributed by atoms with Crippen molar-refractivity contribution >= 4 is 63.8 Å². The van der Waals surface area contributed by atoms with Gasteiger partial charge in [-0.1, -0.05) is 52.6 Å². The molecule has 1 aromatic carbocycles. The molecule has 1 amide bonds. The summed E-state index contributed by atoms with van der Waals surface area (Å²) in [5.74, 6) is -0.00750. The molecular weight excluding hydrogens is 391 g/mol. The second-order valence-electron chi connectivity index (χ2n) is 4.93. The van der Waals surface area contributed by atoms with Gasteiger partial charge in [-0.25, -0.2) is 0 Å². The minimum absolute atomic E-state index is 0.164. The summed E-state index contributed by atoms with van der Waals surface area (Å²) in [6.07, 6.45) is 1.66. The number of benzene rings is 1. The molecule has 5 nitrogen and oxygen atoms in total. The van der Waals surface area contributed by atoms with Crippen molar-refractivity contribution in [3.05, 3.63) is 51.1 Å². The molecule has 0 atom stereocenters. The Labute approximate surface area is 157 Å². The van der Waals surface area contributed by atoms with Crippen molar-refractivity contribution in [1.82, 2.24) is 14.6 Å². The van der Waals surface area contributed by atoms with Gasteiger partial charge in [-0.2, -0.15) is 0 Å². The van der Waals surface area contributed by atoms with Crippen LogP contribution >= 0.6 is 46.6 Å². The number of carbonyl (C=O) groups is 1. The van der Waals surface area contributed by atoms with Crippen LogP contribution in [0.5, 0.6) is 0 Å². The van der Waals surface area contributed by atoms with Crippen LogP contribution < -0.4 is 5.32 Å². The van der Waals surface area contributed by atoms with Gasteiger partial charge in [0.2, 0.25) is 5.91 Å². The van der Waals surface area contributed by atoms with Gasteiger partial charge < -0.3 is 5.32 Å². The van der Waals surface area contributed by atoms with Gasteiger partial charge in [0.15, 0.2) is 10.8 Å². The van der Waals surface area contributed by atoms with Crippen LogP contribution in [0.4, 0.5) is 5.69 Å². The fraction of sp³-hybridized carbons (Fsp3) is 0.133. The lowest BCUT2D eigenvalue weighted by Crippen LogP contribution is -2.15. The highest BCUT2D eigenvalue weighted by molar-refractivity contribution is 7.99. The highest BCUT2D eigenvalue weighted by atomic mass is 35.5. The Kier molecular flexibility index (Phi) is 5.20. The fourth-order valence-corrected chi connectivity index (χ4v) is 3.45. The largest absolute Gasteiger partial charge is 0.325 e. The van der Waals surface area contributed by atoms with Crippen molar-refractivity contribution in [3.63, 3.8) is 0 Å². The summed E-state index contributed by atoms with van der Waals surface area (Å²) in [6, 6.07) is 6.96. The molecule has 0 spiro atoms. The molecule has 0 aliphatic carbocycles. The van der Waals surface area contributed by atoms with Crippen LogP contribution in [-0.2, 0) is 4.79 Å². The predicted molar refractivity (Wildman–Crippen MR) is 98.5 cm³/mol. The zero-order chi connectivity index (χ0) is 17.3. The van der Waals surface area contributed by atoms with E-state index < -0.39 is 0 Å². The molecule has 9 heteroatoms. The van der Waals surface area contributed by atoms with Crippen molar-refractivity contribution in [2.24, 2.45) is 0 Å². The summed E-state index contributed by atoms with van der Waals surface area (Å²) >= 11 is 19.3. The lowest BCUT2D eigenvalue weighted by atomic mass is 10.2. The quantitative estimate of drug-likeness (QED) is 0.642. The monoisotopic (exact) mass is 400 g/mol. The third kappa shape index (κ3) is 3.62. The smallest absolute Gasteiger partial charge is 0.234 e. The molecule has 3 aromatic rings. The van der Waals surface area contributed by atoms with Crippen LogP contribution in [0.1, 0.15) is 5.56 Å². The van der Waals surface area contributed by atoms with Gasteiger partial charge in [-0.15, -0.1) is 10.2 Å².